The Labute approximate surface area is 195 Å². The third kappa shape index (κ3) is 4.93. The molecule has 2 saturated heterocycles. The highest BCUT2D eigenvalue weighted by Crippen LogP contribution is 2.41. The largest absolute Gasteiger partial charge is 0.381 e. The first-order chi connectivity index (χ1) is 15.0. The van der Waals surface area contributed by atoms with Crippen molar-refractivity contribution in [3.8, 4) is 0 Å². The molecule has 31 heavy (non-hydrogen) atoms. The lowest BCUT2D eigenvalue weighted by atomic mass is 9.73. The second-order valence-corrected chi connectivity index (χ2v) is 9.51. The number of ether oxygens (including phenoxy) is 1. The van der Waals surface area contributed by atoms with Gasteiger partial charge < -0.3 is 9.64 Å². The van der Waals surface area contributed by atoms with Crippen molar-refractivity contribution in [2.24, 2.45) is 0 Å². The predicted octanol–water partition coefficient (Wildman–Crippen LogP) is 5.08. The minimum atomic E-state index is -0.634. The number of carbonyl (C=O) groups excluding carboxylic acids is 1. The molecule has 2 heterocycles. The Morgan fingerprint density at radius 2 is 1.81 bits per heavy atom. The Balaban J connectivity index is 1.52. The smallest absolute Gasteiger partial charge is 0.233 e. The number of carbonyl (C=O) groups is 1. The Morgan fingerprint density at radius 1 is 1.03 bits per heavy atom. The van der Waals surface area contributed by atoms with Gasteiger partial charge in [0, 0.05) is 56.0 Å². The highest BCUT2D eigenvalue weighted by atomic mass is 35.5. The molecule has 4 nitrogen and oxygen atoms in total. The van der Waals surface area contributed by atoms with Crippen molar-refractivity contribution in [1.29, 1.82) is 0 Å². The molecule has 6 heteroatoms. The summed E-state index contributed by atoms with van der Waals surface area (Å²) in [5.74, 6) is 0.178. The maximum Gasteiger partial charge on any atom is 0.233 e. The monoisotopic (exact) mass is 460 g/mol. The zero-order valence-corrected chi connectivity index (χ0v) is 19.6. The number of benzene rings is 2. The van der Waals surface area contributed by atoms with Gasteiger partial charge in [0.1, 0.15) is 0 Å². The molecule has 0 radical (unpaired) electrons. The summed E-state index contributed by atoms with van der Waals surface area (Å²) >= 11 is 12.7. The van der Waals surface area contributed by atoms with Crippen molar-refractivity contribution >= 4 is 29.1 Å². The summed E-state index contributed by atoms with van der Waals surface area (Å²) in [5.41, 5.74) is 2.92. The molecule has 2 aromatic carbocycles. The minimum Gasteiger partial charge on any atom is -0.381 e. The van der Waals surface area contributed by atoms with E-state index in [1.54, 1.807) is 6.07 Å². The molecule has 0 N–H and O–H groups in total. The van der Waals surface area contributed by atoms with Gasteiger partial charge in [-0.05, 0) is 55.0 Å². The fraction of sp³-hybridized carbons (Fsp3) is 0.480. The van der Waals surface area contributed by atoms with Gasteiger partial charge in [0.25, 0.3) is 0 Å². The van der Waals surface area contributed by atoms with Gasteiger partial charge in [0.05, 0.1) is 5.41 Å². The van der Waals surface area contributed by atoms with Crippen molar-refractivity contribution in [3.63, 3.8) is 0 Å². The van der Waals surface area contributed by atoms with Gasteiger partial charge in [-0.2, -0.15) is 0 Å². The predicted molar refractivity (Wildman–Crippen MR) is 126 cm³/mol. The van der Waals surface area contributed by atoms with Crippen LogP contribution in [0.2, 0.25) is 10.0 Å². The Kier molecular flexibility index (Phi) is 7.22. The average molecular weight is 461 g/mol. The van der Waals surface area contributed by atoms with E-state index < -0.39 is 5.41 Å². The molecule has 2 fully saturated rings. The molecule has 4 rings (SSSR count). The third-order valence-electron chi connectivity index (χ3n) is 6.73. The van der Waals surface area contributed by atoms with Gasteiger partial charge in [-0.3, -0.25) is 9.69 Å². The quantitative estimate of drug-likeness (QED) is 0.637. The molecule has 0 atom stereocenters. The van der Waals surface area contributed by atoms with Crippen LogP contribution in [0.5, 0.6) is 0 Å². The molecule has 0 saturated carbocycles. The molecule has 1 amide bonds. The van der Waals surface area contributed by atoms with E-state index in [4.69, 9.17) is 27.9 Å². The maximum absolute atomic E-state index is 13.9. The van der Waals surface area contributed by atoms with E-state index in [1.807, 2.05) is 17.0 Å². The van der Waals surface area contributed by atoms with Crippen LogP contribution >= 0.6 is 23.2 Å². The standard InChI is InChI=1S/C25H30Cl2N2O2/c1-19-5-2-3-6-20(19)18-28-11-4-12-29(14-13-28)24(30)25(9-15-31-16-10-25)22-8-7-21(26)17-23(22)27/h2-3,5-8,17H,4,9-16,18H2,1H3. The third-order valence-corrected chi connectivity index (χ3v) is 7.28. The van der Waals surface area contributed by atoms with Crippen LogP contribution in [-0.4, -0.2) is 55.1 Å². The van der Waals surface area contributed by atoms with Crippen molar-refractivity contribution in [1.82, 2.24) is 9.80 Å². The fourth-order valence-electron chi connectivity index (χ4n) is 4.86. The van der Waals surface area contributed by atoms with E-state index in [1.165, 1.54) is 11.1 Å². The van der Waals surface area contributed by atoms with Crippen LogP contribution in [0.3, 0.4) is 0 Å². The van der Waals surface area contributed by atoms with Gasteiger partial charge in [0.15, 0.2) is 0 Å². The number of aryl methyl sites for hydroxylation is 1. The molecule has 2 aromatic rings. The molecule has 166 valence electrons. The SMILES string of the molecule is Cc1ccccc1CN1CCCN(C(=O)C2(c3ccc(Cl)cc3Cl)CCOCC2)CC1. The maximum atomic E-state index is 13.9. The number of amides is 1. The highest BCUT2D eigenvalue weighted by Gasteiger charge is 2.45. The molecule has 2 aliphatic heterocycles. The average Bonchev–Trinajstić information content (AvgIpc) is 3.01. The summed E-state index contributed by atoms with van der Waals surface area (Å²) in [6.07, 6.45) is 2.27. The Hall–Kier alpha value is -1.59. The summed E-state index contributed by atoms with van der Waals surface area (Å²) in [6.45, 7) is 7.60. The van der Waals surface area contributed by atoms with E-state index in [2.05, 4.69) is 36.1 Å². The van der Waals surface area contributed by atoms with Gasteiger partial charge in [0.2, 0.25) is 5.91 Å². The number of hydrogen-bond donors (Lipinski definition) is 0. The number of hydrogen-bond acceptors (Lipinski definition) is 3. The Morgan fingerprint density at radius 3 is 2.55 bits per heavy atom. The zero-order chi connectivity index (χ0) is 21.8. The van der Waals surface area contributed by atoms with Crippen LogP contribution in [-0.2, 0) is 21.5 Å². The van der Waals surface area contributed by atoms with Gasteiger partial charge in [-0.1, -0.05) is 53.5 Å². The number of rotatable bonds is 4. The summed E-state index contributed by atoms with van der Waals surface area (Å²) < 4.78 is 5.62. The summed E-state index contributed by atoms with van der Waals surface area (Å²) in [7, 11) is 0. The van der Waals surface area contributed by atoms with Crippen LogP contribution < -0.4 is 0 Å². The summed E-state index contributed by atoms with van der Waals surface area (Å²) in [4.78, 5) is 18.5. The number of halogens is 2. The zero-order valence-electron chi connectivity index (χ0n) is 18.1. The van der Waals surface area contributed by atoms with Gasteiger partial charge in [-0.25, -0.2) is 0 Å². The van der Waals surface area contributed by atoms with Crippen molar-refractivity contribution in [3.05, 3.63) is 69.2 Å². The molecule has 0 unspecified atom stereocenters. The first kappa shape index (κ1) is 22.6. The highest BCUT2D eigenvalue weighted by molar-refractivity contribution is 6.35. The minimum absolute atomic E-state index is 0.178. The topological polar surface area (TPSA) is 32.8 Å². The molecule has 2 aliphatic rings. The summed E-state index contributed by atoms with van der Waals surface area (Å²) in [5, 5.41) is 1.16. The van der Waals surface area contributed by atoms with E-state index >= 15 is 0 Å². The number of nitrogens with zero attached hydrogens (tertiary/aromatic N) is 2. The molecule has 0 spiro atoms. The molecule has 0 aliphatic carbocycles. The van der Waals surface area contributed by atoms with Crippen LogP contribution in [0, 0.1) is 6.92 Å². The first-order valence-electron chi connectivity index (χ1n) is 11.1. The van der Waals surface area contributed by atoms with E-state index in [0.29, 0.717) is 36.1 Å². The Bertz CT molecular complexity index is 927. The lowest BCUT2D eigenvalue weighted by molar-refractivity contribution is -0.141. The molecular weight excluding hydrogens is 431 g/mol. The van der Waals surface area contributed by atoms with Crippen LogP contribution in [0.15, 0.2) is 42.5 Å². The second-order valence-electron chi connectivity index (χ2n) is 8.67. The molecule has 0 aromatic heterocycles. The van der Waals surface area contributed by atoms with E-state index in [9.17, 15) is 4.79 Å². The van der Waals surface area contributed by atoms with E-state index in [-0.39, 0.29) is 5.91 Å². The van der Waals surface area contributed by atoms with Crippen LogP contribution in [0.4, 0.5) is 0 Å². The lowest BCUT2D eigenvalue weighted by Crippen LogP contribution is -2.51. The second kappa shape index (κ2) is 9.91. The van der Waals surface area contributed by atoms with Crippen molar-refractivity contribution in [2.75, 3.05) is 39.4 Å². The van der Waals surface area contributed by atoms with Crippen LogP contribution in [0.1, 0.15) is 36.0 Å². The van der Waals surface area contributed by atoms with Crippen molar-refractivity contribution in [2.45, 2.75) is 38.1 Å². The van der Waals surface area contributed by atoms with Crippen molar-refractivity contribution < 1.29 is 9.53 Å². The lowest BCUT2D eigenvalue weighted by Gasteiger charge is -2.40. The van der Waals surface area contributed by atoms with Crippen LogP contribution in [0.25, 0.3) is 0 Å². The normalized spacial score (nSPS) is 19.8. The first-order valence-corrected chi connectivity index (χ1v) is 11.8. The molecular formula is C25H30Cl2N2O2. The van der Waals surface area contributed by atoms with Gasteiger partial charge in [-0.15, -0.1) is 0 Å². The fourth-order valence-corrected chi connectivity index (χ4v) is 5.45. The van der Waals surface area contributed by atoms with E-state index in [0.717, 1.165) is 44.7 Å². The van der Waals surface area contributed by atoms with Gasteiger partial charge >= 0.3 is 0 Å². The summed E-state index contributed by atoms with van der Waals surface area (Å²) in [6, 6.07) is 14.0. The molecule has 0 bridgehead atoms.